The van der Waals surface area contributed by atoms with Gasteiger partial charge < -0.3 is 24.3 Å². The van der Waals surface area contributed by atoms with Crippen molar-refractivity contribution in [1.82, 2.24) is 5.32 Å². The highest BCUT2D eigenvalue weighted by molar-refractivity contribution is 5.85. The molecule has 1 saturated carbocycles. The summed E-state index contributed by atoms with van der Waals surface area (Å²) in [5.74, 6) is -3.06. The molecule has 0 aromatic heterocycles. The quantitative estimate of drug-likeness (QED) is 0.651. The number of fused-ring (bicyclic) bond motifs is 1. The van der Waals surface area contributed by atoms with Gasteiger partial charge in [0.05, 0.1) is 25.4 Å². The lowest BCUT2D eigenvalue weighted by Crippen LogP contribution is -2.59. The Kier molecular flexibility index (Phi) is 7.05. The van der Waals surface area contributed by atoms with Gasteiger partial charge in [0.1, 0.15) is 6.10 Å². The molecule has 0 spiro atoms. The zero-order chi connectivity index (χ0) is 24.5. The molecule has 1 aliphatic heterocycles. The summed E-state index contributed by atoms with van der Waals surface area (Å²) in [6, 6.07) is 11.8. The first kappa shape index (κ1) is 24.7. The second kappa shape index (κ2) is 9.70. The Labute approximate surface area is 198 Å². The smallest absolute Gasteiger partial charge is 0.252 e. The minimum atomic E-state index is -1.24. The molecule has 1 aliphatic carbocycles. The lowest BCUT2D eigenvalue weighted by Gasteiger charge is -2.43. The molecule has 34 heavy (non-hydrogen) atoms. The van der Waals surface area contributed by atoms with E-state index in [-0.39, 0.29) is 37.5 Å². The van der Waals surface area contributed by atoms with Gasteiger partial charge in [0, 0.05) is 25.5 Å². The number of benzene rings is 2. The average molecular weight is 476 g/mol. The number of nitrogens with one attached hydrogen (secondary N) is 1. The molecule has 2 aromatic carbocycles. The molecule has 1 saturated heterocycles. The van der Waals surface area contributed by atoms with Crippen LogP contribution in [0, 0.1) is 18.6 Å². The number of rotatable bonds is 7. The lowest BCUT2D eigenvalue weighted by molar-refractivity contribution is -0.183. The third-order valence-corrected chi connectivity index (χ3v) is 6.37. The van der Waals surface area contributed by atoms with Gasteiger partial charge >= 0.3 is 0 Å². The molecule has 184 valence electrons. The van der Waals surface area contributed by atoms with Crippen molar-refractivity contribution in [3.05, 3.63) is 70.8 Å². The maximum atomic E-state index is 14.2. The van der Waals surface area contributed by atoms with Gasteiger partial charge in [-0.15, -0.1) is 0 Å². The monoisotopic (exact) mass is 475 g/mol. The number of amides is 1. The van der Waals surface area contributed by atoms with Crippen molar-refractivity contribution >= 4 is 5.91 Å². The van der Waals surface area contributed by atoms with Crippen molar-refractivity contribution in [1.29, 1.82) is 0 Å². The van der Waals surface area contributed by atoms with Crippen molar-refractivity contribution in [2.45, 2.75) is 76.5 Å². The standard InChI is InChI=1S/C26H31F2NO5/c1-16-7-5-8-17(11-16)14-32-26(24(30)29-4)12-20(23-21(13-26)33-25(2,3)34-23)31-15-18-9-6-10-19(27)22(18)28/h5-11,20-21,23H,12-15H2,1-4H3,(H,29,30)/t20?,21-,23+,26-/m1/s1. The van der Waals surface area contributed by atoms with Crippen LogP contribution in [-0.4, -0.2) is 42.7 Å². The number of ether oxygens (including phenoxy) is 4. The maximum Gasteiger partial charge on any atom is 0.252 e. The molecule has 1 heterocycles. The molecule has 0 radical (unpaired) electrons. The third kappa shape index (κ3) is 5.15. The zero-order valence-electron chi connectivity index (χ0n) is 19.9. The van der Waals surface area contributed by atoms with E-state index in [0.717, 1.165) is 17.2 Å². The minimum Gasteiger partial charge on any atom is -0.370 e. The Hall–Kier alpha value is -2.39. The van der Waals surface area contributed by atoms with E-state index in [4.69, 9.17) is 18.9 Å². The molecule has 1 unspecified atom stereocenters. The third-order valence-electron chi connectivity index (χ3n) is 6.37. The van der Waals surface area contributed by atoms with E-state index in [1.54, 1.807) is 20.9 Å². The summed E-state index contributed by atoms with van der Waals surface area (Å²) in [6.07, 6.45) is -1.14. The van der Waals surface area contributed by atoms with E-state index >= 15 is 0 Å². The summed E-state index contributed by atoms with van der Waals surface area (Å²) >= 11 is 0. The van der Waals surface area contributed by atoms with Crippen LogP contribution in [0.4, 0.5) is 8.78 Å². The number of hydrogen-bond donors (Lipinski definition) is 1. The molecular weight excluding hydrogens is 444 g/mol. The molecular formula is C26H31F2NO5. The van der Waals surface area contributed by atoms with Crippen molar-refractivity contribution in [3.8, 4) is 0 Å². The van der Waals surface area contributed by atoms with Crippen molar-refractivity contribution in [3.63, 3.8) is 0 Å². The number of hydrogen-bond acceptors (Lipinski definition) is 5. The van der Waals surface area contributed by atoms with E-state index < -0.39 is 41.3 Å². The van der Waals surface area contributed by atoms with Crippen LogP contribution in [0.15, 0.2) is 42.5 Å². The molecule has 2 fully saturated rings. The van der Waals surface area contributed by atoms with Crippen LogP contribution in [0.1, 0.15) is 43.4 Å². The summed E-state index contributed by atoms with van der Waals surface area (Å²) < 4.78 is 52.5. The predicted octanol–water partition coefficient (Wildman–Crippen LogP) is 4.17. The summed E-state index contributed by atoms with van der Waals surface area (Å²) in [4.78, 5) is 13.1. The molecule has 2 aromatic rings. The van der Waals surface area contributed by atoms with Crippen LogP contribution in [0.3, 0.4) is 0 Å². The van der Waals surface area contributed by atoms with Gasteiger partial charge in [-0.2, -0.15) is 0 Å². The van der Waals surface area contributed by atoms with Gasteiger partial charge in [-0.3, -0.25) is 4.79 Å². The minimum absolute atomic E-state index is 0.0894. The first-order valence-electron chi connectivity index (χ1n) is 11.4. The molecule has 2 aliphatic rings. The van der Waals surface area contributed by atoms with E-state index in [1.165, 1.54) is 12.1 Å². The zero-order valence-corrected chi connectivity index (χ0v) is 19.9. The Morgan fingerprint density at radius 2 is 1.88 bits per heavy atom. The highest BCUT2D eigenvalue weighted by Crippen LogP contribution is 2.44. The van der Waals surface area contributed by atoms with E-state index in [2.05, 4.69) is 5.32 Å². The van der Waals surface area contributed by atoms with Gasteiger partial charge in [-0.25, -0.2) is 8.78 Å². The van der Waals surface area contributed by atoms with Gasteiger partial charge in [0.25, 0.3) is 5.91 Å². The Morgan fingerprint density at radius 1 is 1.12 bits per heavy atom. The lowest BCUT2D eigenvalue weighted by atomic mass is 9.78. The van der Waals surface area contributed by atoms with Crippen LogP contribution in [-0.2, 0) is 37.0 Å². The van der Waals surface area contributed by atoms with Crippen LogP contribution in [0.2, 0.25) is 0 Å². The Morgan fingerprint density at radius 3 is 2.62 bits per heavy atom. The van der Waals surface area contributed by atoms with E-state index in [1.807, 2.05) is 31.2 Å². The highest BCUT2D eigenvalue weighted by Gasteiger charge is 2.57. The van der Waals surface area contributed by atoms with Gasteiger partial charge in [0.2, 0.25) is 0 Å². The molecule has 6 nitrogen and oxygen atoms in total. The Bertz CT molecular complexity index is 1050. The summed E-state index contributed by atoms with van der Waals surface area (Å²) in [5.41, 5.74) is 0.876. The van der Waals surface area contributed by atoms with E-state index in [9.17, 15) is 13.6 Å². The van der Waals surface area contributed by atoms with E-state index in [0.29, 0.717) is 0 Å². The SMILES string of the molecule is CNC(=O)[C@@]1(OCc2cccc(C)c2)CC(OCc2cccc(F)c2F)[C@@H]2OC(C)(C)O[C@@H]2C1. The summed E-state index contributed by atoms with van der Waals surface area (Å²) in [7, 11) is 1.56. The first-order valence-corrected chi connectivity index (χ1v) is 11.4. The summed E-state index contributed by atoms with van der Waals surface area (Å²) in [6.45, 7) is 5.63. The number of aryl methyl sites for hydroxylation is 1. The highest BCUT2D eigenvalue weighted by atomic mass is 19.2. The predicted molar refractivity (Wildman–Crippen MR) is 121 cm³/mol. The normalized spacial score (nSPS) is 27.9. The average Bonchev–Trinajstić information content (AvgIpc) is 3.11. The van der Waals surface area contributed by atoms with Crippen LogP contribution in [0.5, 0.6) is 0 Å². The topological polar surface area (TPSA) is 66.0 Å². The number of halogens is 2. The molecule has 1 amide bonds. The first-order chi connectivity index (χ1) is 16.1. The van der Waals surface area contributed by atoms with Crippen molar-refractivity contribution in [2.24, 2.45) is 0 Å². The fourth-order valence-electron chi connectivity index (χ4n) is 4.82. The molecule has 1 N–H and O–H groups in total. The van der Waals surface area contributed by atoms with Gasteiger partial charge in [0.15, 0.2) is 23.0 Å². The van der Waals surface area contributed by atoms with Gasteiger partial charge in [-0.1, -0.05) is 42.0 Å². The largest absolute Gasteiger partial charge is 0.370 e. The second-order valence-corrected chi connectivity index (χ2v) is 9.46. The molecule has 4 atom stereocenters. The molecule has 0 bridgehead atoms. The van der Waals surface area contributed by atoms with Crippen LogP contribution < -0.4 is 5.32 Å². The van der Waals surface area contributed by atoms with Crippen molar-refractivity contribution < 1.29 is 32.5 Å². The molecule has 8 heteroatoms. The van der Waals surface area contributed by atoms with Crippen molar-refractivity contribution in [2.75, 3.05) is 7.05 Å². The fourth-order valence-corrected chi connectivity index (χ4v) is 4.82. The number of carbonyl (C=O) groups is 1. The van der Waals surface area contributed by atoms with Crippen LogP contribution >= 0.6 is 0 Å². The fraction of sp³-hybridized carbons (Fsp3) is 0.500. The van der Waals surface area contributed by atoms with Crippen LogP contribution in [0.25, 0.3) is 0 Å². The Balaban J connectivity index is 1.60. The maximum absolute atomic E-state index is 14.2. The summed E-state index contributed by atoms with van der Waals surface area (Å²) in [5, 5.41) is 2.71. The number of likely N-dealkylation sites (N-methyl/N-ethyl adjacent to an activating group) is 1. The second-order valence-electron chi connectivity index (χ2n) is 9.46. The number of carbonyl (C=O) groups excluding carboxylic acids is 1. The molecule has 4 rings (SSSR count). The van der Waals surface area contributed by atoms with Gasteiger partial charge in [-0.05, 0) is 32.4 Å².